The molecule has 52 heavy (non-hydrogen) atoms. The predicted molar refractivity (Wildman–Crippen MR) is 208 cm³/mol. The predicted octanol–water partition coefficient (Wildman–Crippen LogP) is 11.6. The number of pyridine rings is 1. The summed E-state index contributed by atoms with van der Waals surface area (Å²) in [5, 5.41) is 7.23. The Kier molecular flexibility index (Phi) is 9.99. The van der Waals surface area contributed by atoms with Crippen LogP contribution in [0.4, 0.5) is 0 Å². The molecule has 8 aromatic rings. The van der Waals surface area contributed by atoms with Gasteiger partial charge in [-0.15, -0.1) is 35.7 Å². The normalized spacial score (nSPS) is 11.3. The van der Waals surface area contributed by atoms with Crippen molar-refractivity contribution < 1.29 is 25.8 Å². The summed E-state index contributed by atoms with van der Waals surface area (Å²) in [5.74, 6) is 2.68. The molecule has 0 atom stereocenters. The molecule has 3 heterocycles. The second-order valence-electron chi connectivity index (χ2n) is 13.8. The number of ether oxygens (including phenoxy) is 1. The maximum Gasteiger partial charge on any atom is 2.00 e. The number of hydrogen-bond acceptors (Lipinski definition) is 3. The summed E-state index contributed by atoms with van der Waals surface area (Å²) in [4.78, 5) is 4.79. The zero-order chi connectivity index (χ0) is 35.1. The third kappa shape index (κ3) is 6.86. The average Bonchev–Trinajstić information content (AvgIpc) is 3.63. The summed E-state index contributed by atoms with van der Waals surface area (Å²) in [6, 6.07) is 47.4. The Morgan fingerprint density at radius 2 is 1.46 bits per heavy atom. The van der Waals surface area contributed by atoms with Crippen LogP contribution >= 0.6 is 0 Å². The van der Waals surface area contributed by atoms with Gasteiger partial charge in [0.1, 0.15) is 5.82 Å². The Morgan fingerprint density at radius 3 is 2.19 bits per heavy atom. The summed E-state index contributed by atoms with van der Waals surface area (Å²) in [5.41, 5.74) is 11.9. The topological polar surface area (TPSA) is 44.9 Å². The van der Waals surface area contributed by atoms with Gasteiger partial charge in [0.25, 0.3) is 0 Å². The minimum Gasteiger partial charge on any atom is -0.509 e. The monoisotopic (exact) mass is 859 g/mol. The van der Waals surface area contributed by atoms with Gasteiger partial charge in [-0.05, 0) is 84.6 Å². The molecule has 0 spiro atoms. The second-order valence-corrected chi connectivity index (χ2v) is 13.8. The largest absolute Gasteiger partial charge is 2.00 e. The second kappa shape index (κ2) is 14.8. The van der Waals surface area contributed by atoms with Crippen LogP contribution in [0.3, 0.4) is 0 Å². The average molecular weight is 860 g/mol. The molecule has 0 radical (unpaired) electrons. The maximum absolute atomic E-state index is 6.68. The van der Waals surface area contributed by atoms with E-state index >= 15 is 0 Å². The molecule has 5 aromatic carbocycles. The Balaban J connectivity index is 0.00000420. The first-order valence-electron chi connectivity index (χ1n) is 17.7. The molecule has 0 N–H and O–H groups in total. The van der Waals surface area contributed by atoms with E-state index in [2.05, 4.69) is 142 Å². The van der Waals surface area contributed by atoms with Gasteiger partial charge >= 0.3 is 21.1 Å². The fourth-order valence-electron chi connectivity index (χ4n) is 7.05. The van der Waals surface area contributed by atoms with E-state index in [1.165, 1.54) is 16.7 Å². The number of nitrogens with zero attached hydrogens (tertiary/aromatic N) is 4. The summed E-state index contributed by atoms with van der Waals surface area (Å²) in [6.07, 6.45) is 3.87. The molecule has 0 aliphatic rings. The van der Waals surface area contributed by atoms with Crippen molar-refractivity contribution in [3.05, 3.63) is 156 Å². The van der Waals surface area contributed by atoms with Crippen molar-refractivity contribution >= 4 is 21.8 Å². The van der Waals surface area contributed by atoms with Gasteiger partial charge in [-0.1, -0.05) is 98.6 Å². The molecule has 260 valence electrons. The van der Waals surface area contributed by atoms with E-state index in [9.17, 15) is 0 Å². The molecule has 5 nitrogen and oxygen atoms in total. The van der Waals surface area contributed by atoms with Crippen LogP contribution in [0.15, 0.2) is 121 Å². The number of aromatic nitrogens is 4. The standard InChI is InChI=1S/C46H40N4O.Pt/c1-30(2)16-17-34-25-38(50-33(5)46(32(4)48-50)36-14-10-7-11-15-36)28-40(26-34)51-39-19-20-41-42-27-37(35-12-8-6-9-13-35)18-21-43(42)49(44(41)29-39)45-24-31(3)22-23-47-45;/h6-15,18-27,30H,16-17H2,1-5H3;/q-2;+2. The molecular weight excluding hydrogens is 820 g/mol. The molecule has 8 rings (SSSR count). The van der Waals surface area contributed by atoms with E-state index in [1.807, 2.05) is 35.1 Å². The SMILES string of the molecule is Cc1ccnc(-n2c3[c-]c(Oc4[c-]c(-n5nc(C)c(-c6ccccc6)c5C)cc(CCC(C)C)c4)ccc3c3cc(-c4ccccc4)ccc32)c1.[Pt+2]. The number of benzene rings is 5. The van der Waals surface area contributed by atoms with Crippen LogP contribution in [0.25, 0.3) is 55.6 Å². The van der Waals surface area contributed by atoms with Crippen molar-refractivity contribution in [3.8, 4) is 45.3 Å². The summed E-state index contributed by atoms with van der Waals surface area (Å²) >= 11 is 0. The molecule has 0 saturated heterocycles. The van der Waals surface area contributed by atoms with Crippen molar-refractivity contribution in [2.24, 2.45) is 5.92 Å². The number of aryl methyl sites for hydroxylation is 3. The first-order valence-corrected chi connectivity index (χ1v) is 17.7. The van der Waals surface area contributed by atoms with Gasteiger partial charge in [0.05, 0.1) is 5.69 Å². The third-order valence-corrected chi connectivity index (χ3v) is 9.59. The molecule has 6 heteroatoms. The minimum atomic E-state index is 0. The van der Waals surface area contributed by atoms with Gasteiger partial charge in [0, 0.05) is 34.5 Å². The van der Waals surface area contributed by atoms with Gasteiger partial charge < -0.3 is 9.30 Å². The van der Waals surface area contributed by atoms with Crippen LogP contribution in [0.2, 0.25) is 0 Å². The summed E-state index contributed by atoms with van der Waals surface area (Å²) < 4.78 is 10.9. The Labute approximate surface area is 320 Å². The van der Waals surface area contributed by atoms with Crippen molar-refractivity contribution in [2.45, 2.75) is 47.5 Å². The van der Waals surface area contributed by atoms with Gasteiger partial charge in [-0.2, -0.15) is 16.7 Å². The summed E-state index contributed by atoms with van der Waals surface area (Å²) in [6.45, 7) is 10.8. The first kappa shape index (κ1) is 35.2. The Bertz CT molecular complexity index is 2510. The Morgan fingerprint density at radius 1 is 0.712 bits per heavy atom. The van der Waals surface area contributed by atoms with E-state index in [1.54, 1.807) is 0 Å². The molecular formula is C46H40N4OPt. The van der Waals surface area contributed by atoms with Crippen LogP contribution in [0, 0.1) is 38.8 Å². The molecule has 0 fully saturated rings. The number of fused-ring (bicyclic) bond motifs is 3. The zero-order valence-corrected chi connectivity index (χ0v) is 32.3. The van der Waals surface area contributed by atoms with Crippen molar-refractivity contribution in [1.29, 1.82) is 0 Å². The molecule has 0 bridgehead atoms. The zero-order valence-electron chi connectivity index (χ0n) is 30.1. The van der Waals surface area contributed by atoms with Gasteiger partial charge in [-0.25, -0.2) is 4.98 Å². The van der Waals surface area contributed by atoms with Crippen LogP contribution in [0.1, 0.15) is 42.8 Å². The van der Waals surface area contributed by atoms with Crippen LogP contribution in [0.5, 0.6) is 11.5 Å². The van der Waals surface area contributed by atoms with Crippen molar-refractivity contribution in [2.75, 3.05) is 0 Å². The van der Waals surface area contributed by atoms with E-state index < -0.39 is 0 Å². The third-order valence-electron chi connectivity index (χ3n) is 9.59. The van der Waals surface area contributed by atoms with E-state index in [4.69, 9.17) is 14.8 Å². The Hall–Kier alpha value is -5.25. The van der Waals surface area contributed by atoms with Crippen molar-refractivity contribution in [1.82, 2.24) is 19.3 Å². The van der Waals surface area contributed by atoms with Crippen molar-refractivity contribution in [3.63, 3.8) is 0 Å². The number of hydrogen-bond donors (Lipinski definition) is 0. The maximum atomic E-state index is 6.68. The van der Waals surface area contributed by atoms with Crippen LogP contribution < -0.4 is 4.74 Å². The molecule has 0 amide bonds. The van der Waals surface area contributed by atoms with Crippen LogP contribution in [-0.2, 0) is 27.5 Å². The van der Waals surface area contributed by atoms with E-state index in [0.717, 1.165) is 74.2 Å². The van der Waals surface area contributed by atoms with Crippen LogP contribution in [-0.4, -0.2) is 19.3 Å². The fourth-order valence-corrected chi connectivity index (χ4v) is 7.05. The first-order chi connectivity index (χ1) is 24.8. The smallest absolute Gasteiger partial charge is 0.509 e. The number of rotatable bonds is 9. The quantitative estimate of drug-likeness (QED) is 0.136. The van der Waals surface area contributed by atoms with Gasteiger partial charge in [0.15, 0.2) is 0 Å². The van der Waals surface area contributed by atoms with Gasteiger partial charge in [-0.3, -0.25) is 4.68 Å². The molecule has 0 aliphatic heterocycles. The minimum absolute atomic E-state index is 0. The van der Waals surface area contributed by atoms with Gasteiger partial charge in [0.2, 0.25) is 0 Å². The summed E-state index contributed by atoms with van der Waals surface area (Å²) in [7, 11) is 0. The fraction of sp³-hybridized carbons (Fsp3) is 0.174. The molecule has 0 aliphatic carbocycles. The van der Waals surface area contributed by atoms with E-state index in [0.29, 0.717) is 17.4 Å². The van der Waals surface area contributed by atoms with E-state index in [-0.39, 0.29) is 21.1 Å². The molecule has 0 unspecified atom stereocenters. The molecule has 0 saturated carbocycles. The molecule has 3 aromatic heterocycles.